The summed E-state index contributed by atoms with van der Waals surface area (Å²) in [4.78, 5) is 45.0. The Morgan fingerprint density at radius 2 is 1.69 bits per heavy atom. The molecular weight excluding hydrogens is 646 g/mol. The monoisotopic (exact) mass is 677 g/mol. The molecule has 49 heavy (non-hydrogen) atoms. The number of esters is 1. The van der Waals surface area contributed by atoms with Gasteiger partial charge in [0.2, 0.25) is 0 Å². The van der Waals surface area contributed by atoms with Crippen LogP contribution in [0.25, 0.3) is 11.8 Å². The van der Waals surface area contributed by atoms with Crippen molar-refractivity contribution in [3.05, 3.63) is 155 Å². The Kier molecular flexibility index (Phi) is 9.67. The lowest BCUT2D eigenvalue weighted by atomic mass is 9.93. The number of fused-ring (bicyclic) bond motifs is 1. The van der Waals surface area contributed by atoms with E-state index < -0.39 is 22.5 Å². The van der Waals surface area contributed by atoms with E-state index in [9.17, 15) is 19.7 Å². The van der Waals surface area contributed by atoms with E-state index in [2.05, 4.69) is 0 Å². The SMILES string of the molecule is CCOC(=O)C1=C(c2ccccc2)N=c2s/c(=C\c3cc(OC)c(OCc4ccccc4)cc3[N+](=O)[O-])c(=O)n2[C@H]1c1cccc(OC)c1. The Bertz CT molecular complexity index is 2250. The number of aromatic nitrogens is 1. The van der Waals surface area contributed by atoms with Crippen molar-refractivity contribution in [3.8, 4) is 17.2 Å². The molecule has 11 nitrogen and oxygen atoms in total. The van der Waals surface area contributed by atoms with Crippen LogP contribution in [0.1, 0.15) is 35.2 Å². The van der Waals surface area contributed by atoms with E-state index in [0.29, 0.717) is 27.4 Å². The highest BCUT2D eigenvalue weighted by molar-refractivity contribution is 7.07. The highest BCUT2D eigenvalue weighted by atomic mass is 32.1. The van der Waals surface area contributed by atoms with Gasteiger partial charge in [0, 0.05) is 5.56 Å². The van der Waals surface area contributed by atoms with E-state index in [1.165, 1.54) is 37.0 Å². The van der Waals surface area contributed by atoms with Gasteiger partial charge in [-0.25, -0.2) is 9.79 Å². The summed E-state index contributed by atoms with van der Waals surface area (Å²) in [6, 6.07) is 27.4. The van der Waals surface area contributed by atoms with E-state index in [1.807, 2.05) is 60.7 Å². The zero-order valence-electron chi connectivity index (χ0n) is 26.8. The molecule has 1 aliphatic rings. The minimum absolute atomic E-state index is 0.107. The van der Waals surface area contributed by atoms with E-state index >= 15 is 0 Å². The molecule has 0 fully saturated rings. The zero-order chi connectivity index (χ0) is 34.5. The normalized spacial score (nSPS) is 14.1. The third-order valence-electron chi connectivity index (χ3n) is 7.82. The van der Waals surface area contributed by atoms with E-state index in [-0.39, 0.29) is 46.1 Å². The standard InChI is InChI=1S/C37H31N3O8S/c1-4-47-36(42)32-33(24-14-9-6-10-15-24)38-37-39(34(32)25-16-11-17-27(18-25)45-2)35(41)31(49-37)20-26-19-29(46-3)30(21-28(26)40(43)44)48-22-23-12-7-5-8-13-23/h5-21,34H,4,22H2,1-3H3/b31-20-/t34-/m0/s1. The van der Waals surface area contributed by atoms with Crippen LogP contribution in [0, 0.1) is 10.1 Å². The number of benzene rings is 4. The Balaban J connectivity index is 1.56. The fraction of sp³-hybridized carbons (Fsp3) is 0.162. The van der Waals surface area contributed by atoms with Crippen LogP contribution in [-0.2, 0) is 16.1 Å². The molecule has 0 radical (unpaired) electrons. The van der Waals surface area contributed by atoms with Gasteiger partial charge in [0.25, 0.3) is 11.2 Å². The molecule has 0 spiro atoms. The lowest BCUT2D eigenvalue weighted by Gasteiger charge is -2.26. The second-order valence-electron chi connectivity index (χ2n) is 10.8. The predicted octanol–water partition coefficient (Wildman–Crippen LogP) is 5.44. The topological polar surface area (TPSA) is 131 Å². The number of carbonyl (C=O) groups is 1. The summed E-state index contributed by atoms with van der Waals surface area (Å²) in [6.45, 7) is 1.98. The molecule has 6 rings (SSSR count). The van der Waals surface area contributed by atoms with Gasteiger partial charge in [-0.3, -0.25) is 19.5 Å². The third kappa shape index (κ3) is 6.72. The molecule has 5 aromatic rings. The van der Waals surface area contributed by atoms with Crippen molar-refractivity contribution in [1.82, 2.24) is 4.57 Å². The van der Waals surface area contributed by atoms with Crippen molar-refractivity contribution >= 4 is 34.8 Å². The van der Waals surface area contributed by atoms with Crippen molar-refractivity contribution in [3.63, 3.8) is 0 Å². The molecule has 248 valence electrons. The summed E-state index contributed by atoms with van der Waals surface area (Å²) < 4.78 is 24.0. The van der Waals surface area contributed by atoms with Crippen LogP contribution in [0.3, 0.4) is 0 Å². The van der Waals surface area contributed by atoms with Crippen molar-refractivity contribution in [2.45, 2.75) is 19.6 Å². The molecule has 0 saturated heterocycles. The van der Waals surface area contributed by atoms with E-state index in [4.69, 9.17) is 23.9 Å². The summed E-state index contributed by atoms with van der Waals surface area (Å²) >= 11 is 1.05. The number of nitro benzene ring substituents is 1. The Morgan fingerprint density at radius 1 is 0.959 bits per heavy atom. The van der Waals surface area contributed by atoms with Gasteiger partial charge in [-0.1, -0.05) is 84.1 Å². The van der Waals surface area contributed by atoms with Gasteiger partial charge in [-0.2, -0.15) is 0 Å². The molecule has 0 unspecified atom stereocenters. The molecule has 0 bridgehead atoms. The van der Waals surface area contributed by atoms with E-state index in [0.717, 1.165) is 16.9 Å². The smallest absolute Gasteiger partial charge is 0.338 e. The minimum Gasteiger partial charge on any atom is -0.497 e. The van der Waals surface area contributed by atoms with Gasteiger partial charge in [-0.15, -0.1) is 0 Å². The van der Waals surface area contributed by atoms with Crippen molar-refractivity contribution < 1.29 is 28.7 Å². The molecule has 1 aliphatic heterocycles. The number of nitro groups is 1. The molecule has 0 saturated carbocycles. The van der Waals surface area contributed by atoms with Crippen LogP contribution < -0.4 is 29.1 Å². The predicted molar refractivity (Wildman–Crippen MR) is 184 cm³/mol. The molecule has 0 amide bonds. The van der Waals surface area contributed by atoms with Crippen LogP contribution in [0.2, 0.25) is 0 Å². The maximum absolute atomic E-state index is 14.3. The second kappa shape index (κ2) is 14.4. The largest absolute Gasteiger partial charge is 0.497 e. The first-order valence-electron chi connectivity index (χ1n) is 15.3. The van der Waals surface area contributed by atoms with Gasteiger partial charge < -0.3 is 18.9 Å². The summed E-state index contributed by atoms with van der Waals surface area (Å²) in [7, 11) is 2.96. The summed E-state index contributed by atoms with van der Waals surface area (Å²) in [5, 5.41) is 12.3. The van der Waals surface area contributed by atoms with Crippen molar-refractivity contribution in [1.29, 1.82) is 0 Å². The lowest BCUT2D eigenvalue weighted by Crippen LogP contribution is -2.40. The first kappa shape index (κ1) is 32.9. The number of hydrogen-bond acceptors (Lipinski definition) is 10. The molecule has 2 heterocycles. The molecule has 1 atom stereocenters. The number of ether oxygens (including phenoxy) is 4. The van der Waals surface area contributed by atoms with Gasteiger partial charge in [-0.05, 0) is 42.3 Å². The number of nitrogens with zero attached hydrogens (tertiary/aromatic N) is 3. The Hall–Kier alpha value is -6.01. The number of hydrogen-bond donors (Lipinski definition) is 0. The lowest BCUT2D eigenvalue weighted by molar-refractivity contribution is -0.385. The van der Waals surface area contributed by atoms with Crippen LogP contribution >= 0.6 is 11.3 Å². The fourth-order valence-electron chi connectivity index (χ4n) is 5.55. The van der Waals surface area contributed by atoms with Crippen LogP contribution in [-0.4, -0.2) is 36.3 Å². The van der Waals surface area contributed by atoms with Crippen molar-refractivity contribution in [2.24, 2.45) is 4.99 Å². The second-order valence-corrected chi connectivity index (χ2v) is 11.8. The molecular formula is C37H31N3O8S. The quantitative estimate of drug-likeness (QED) is 0.103. The summed E-state index contributed by atoms with van der Waals surface area (Å²) in [5.74, 6) is 0.337. The molecule has 1 aromatic heterocycles. The highest BCUT2D eigenvalue weighted by Crippen LogP contribution is 2.37. The zero-order valence-corrected chi connectivity index (χ0v) is 27.6. The fourth-order valence-corrected chi connectivity index (χ4v) is 6.55. The molecule has 0 N–H and O–H groups in total. The molecule has 12 heteroatoms. The Labute approximate surface area is 284 Å². The van der Waals surface area contributed by atoms with Crippen LogP contribution in [0.5, 0.6) is 17.2 Å². The number of thiazole rings is 1. The van der Waals surface area contributed by atoms with Crippen LogP contribution in [0.15, 0.2) is 112 Å². The number of rotatable bonds is 11. The maximum atomic E-state index is 14.3. The number of carbonyl (C=O) groups excluding carboxylic acids is 1. The first-order chi connectivity index (χ1) is 23.8. The highest BCUT2D eigenvalue weighted by Gasteiger charge is 2.35. The van der Waals surface area contributed by atoms with Gasteiger partial charge in [0.1, 0.15) is 12.4 Å². The van der Waals surface area contributed by atoms with Gasteiger partial charge >= 0.3 is 5.97 Å². The summed E-state index contributed by atoms with van der Waals surface area (Å²) in [5.41, 5.74) is 2.00. The van der Waals surface area contributed by atoms with Crippen LogP contribution in [0.4, 0.5) is 5.69 Å². The average molecular weight is 678 g/mol. The summed E-state index contributed by atoms with van der Waals surface area (Å²) in [6.07, 6.45) is 1.43. The van der Waals surface area contributed by atoms with Crippen molar-refractivity contribution in [2.75, 3.05) is 20.8 Å². The number of methoxy groups -OCH3 is 2. The van der Waals surface area contributed by atoms with Gasteiger partial charge in [0.15, 0.2) is 16.3 Å². The first-order valence-corrected chi connectivity index (χ1v) is 16.1. The Morgan fingerprint density at radius 3 is 2.37 bits per heavy atom. The average Bonchev–Trinajstić information content (AvgIpc) is 3.44. The van der Waals surface area contributed by atoms with Gasteiger partial charge in [0.05, 0.1) is 59.2 Å². The van der Waals surface area contributed by atoms with E-state index in [1.54, 1.807) is 31.2 Å². The minimum atomic E-state index is -0.943. The third-order valence-corrected chi connectivity index (χ3v) is 8.80. The molecule has 0 aliphatic carbocycles. The molecule has 4 aromatic carbocycles. The maximum Gasteiger partial charge on any atom is 0.338 e.